The van der Waals surface area contributed by atoms with E-state index in [9.17, 15) is 9.18 Å². The van der Waals surface area contributed by atoms with Crippen LogP contribution in [-0.4, -0.2) is 61.0 Å². The fourth-order valence-electron chi connectivity index (χ4n) is 3.89. The van der Waals surface area contributed by atoms with E-state index in [2.05, 4.69) is 16.7 Å². The van der Waals surface area contributed by atoms with Crippen molar-refractivity contribution in [2.75, 3.05) is 44.2 Å². The summed E-state index contributed by atoms with van der Waals surface area (Å²) in [6.45, 7) is 7.40. The number of para-hydroxylation sites is 1. The van der Waals surface area contributed by atoms with Crippen LogP contribution in [0.2, 0.25) is 0 Å². The minimum absolute atomic E-state index is 0.139. The molecule has 2 heterocycles. The van der Waals surface area contributed by atoms with E-state index >= 15 is 0 Å². The van der Waals surface area contributed by atoms with Gasteiger partial charge in [0, 0.05) is 51.7 Å². The van der Waals surface area contributed by atoms with Crippen LogP contribution >= 0.6 is 0 Å². The molecular formula is C19H28FN3O. The second-order valence-corrected chi connectivity index (χ2v) is 6.86. The number of hydrogen-bond donors (Lipinski definition) is 0. The van der Waals surface area contributed by atoms with Gasteiger partial charge < -0.3 is 9.80 Å². The summed E-state index contributed by atoms with van der Waals surface area (Å²) in [5, 5.41) is 0. The summed E-state index contributed by atoms with van der Waals surface area (Å²) in [6.07, 6.45) is 3.83. The summed E-state index contributed by atoms with van der Waals surface area (Å²) < 4.78 is 13.9. The first kappa shape index (κ1) is 17.2. The van der Waals surface area contributed by atoms with Gasteiger partial charge in [-0.15, -0.1) is 0 Å². The van der Waals surface area contributed by atoms with Gasteiger partial charge in [-0.1, -0.05) is 19.1 Å². The Hall–Kier alpha value is -1.62. The van der Waals surface area contributed by atoms with Gasteiger partial charge >= 0.3 is 0 Å². The largest absolute Gasteiger partial charge is 0.367 e. The first-order valence-electron chi connectivity index (χ1n) is 9.20. The van der Waals surface area contributed by atoms with Gasteiger partial charge in [-0.2, -0.15) is 0 Å². The first-order chi connectivity index (χ1) is 11.7. The van der Waals surface area contributed by atoms with E-state index in [1.807, 2.05) is 17.0 Å². The summed E-state index contributed by atoms with van der Waals surface area (Å²) in [7, 11) is 0. The normalized spacial score (nSPS) is 22.7. The number of carbonyl (C=O) groups excluding carboxylic acids is 1. The van der Waals surface area contributed by atoms with E-state index < -0.39 is 0 Å². The Bertz CT molecular complexity index is 557. The number of amides is 1. The number of likely N-dealkylation sites (tertiary alicyclic amines) is 1. The Kier molecular flexibility index (Phi) is 5.72. The summed E-state index contributed by atoms with van der Waals surface area (Å²) >= 11 is 0. The maximum Gasteiger partial charge on any atom is 0.222 e. The number of nitrogens with zero attached hydrogens (tertiary/aromatic N) is 3. The Morgan fingerprint density at radius 1 is 1.17 bits per heavy atom. The molecule has 2 saturated heterocycles. The van der Waals surface area contributed by atoms with Gasteiger partial charge in [-0.25, -0.2) is 4.39 Å². The standard InChI is InChI=1S/C19H28FN3O/c1-2-6-19(24)23-10-5-7-16(15-23)21-11-13-22(14-12-21)18-9-4-3-8-17(18)20/h3-4,8-9,16H,2,5-7,10-15H2,1H3. The molecular weight excluding hydrogens is 305 g/mol. The minimum Gasteiger partial charge on any atom is -0.367 e. The lowest BCUT2D eigenvalue weighted by Gasteiger charge is -2.44. The molecule has 1 aromatic carbocycles. The number of anilines is 1. The summed E-state index contributed by atoms with van der Waals surface area (Å²) in [5.41, 5.74) is 0.709. The summed E-state index contributed by atoms with van der Waals surface area (Å²) in [5.74, 6) is 0.159. The lowest BCUT2D eigenvalue weighted by atomic mass is 10.0. The number of hydrogen-bond acceptors (Lipinski definition) is 3. The minimum atomic E-state index is -0.139. The summed E-state index contributed by atoms with van der Waals surface area (Å²) in [6, 6.07) is 7.47. The third-order valence-electron chi connectivity index (χ3n) is 5.24. The van der Waals surface area contributed by atoms with Gasteiger partial charge in [0.2, 0.25) is 5.91 Å². The highest BCUT2D eigenvalue weighted by Gasteiger charge is 2.30. The van der Waals surface area contributed by atoms with Gasteiger partial charge in [0.15, 0.2) is 0 Å². The molecule has 0 spiro atoms. The highest BCUT2D eigenvalue weighted by Crippen LogP contribution is 2.23. The highest BCUT2D eigenvalue weighted by atomic mass is 19.1. The van der Waals surface area contributed by atoms with Crippen molar-refractivity contribution in [2.24, 2.45) is 0 Å². The highest BCUT2D eigenvalue weighted by molar-refractivity contribution is 5.76. The van der Waals surface area contributed by atoms with Crippen molar-refractivity contribution >= 4 is 11.6 Å². The molecule has 0 N–H and O–H groups in total. The molecule has 2 aliphatic rings. The number of benzene rings is 1. The molecule has 0 aromatic heterocycles. The topological polar surface area (TPSA) is 26.8 Å². The monoisotopic (exact) mass is 333 g/mol. The zero-order chi connectivity index (χ0) is 16.9. The van der Waals surface area contributed by atoms with Crippen LogP contribution in [0.15, 0.2) is 24.3 Å². The van der Waals surface area contributed by atoms with Crippen LogP contribution in [0.4, 0.5) is 10.1 Å². The van der Waals surface area contributed by atoms with E-state index in [0.29, 0.717) is 24.1 Å². The zero-order valence-electron chi connectivity index (χ0n) is 14.6. The van der Waals surface area contributed by atoms with Crippen molar-refractivity contribution in [2.45, 2.75) is 38.6 Å². The predicted octanol–water partition coefficient (Wildman–Crippen LogP) is 2.74. The third kappa shape index (κ3) is 3.89. The van der Waals surface area contributed by atoms with Crippen molar-refractivity contribution in [3.63, 3.8) is 0 Å². The lowest BCUT2D eigenvalue weighted by Crippen LogP contribution is -2.56. The van der Waals surface area contributed by atoms with Crippen LogP contribution < -0.4 is 4.90 Å². The first-order valence-corrected chi connectivity index (χ1v) is 9.20. The average molecular weight is 333 g/mol. The van der Waals surface area contributed by atoms with Crippen LogP contribution in [0.1, 0.15) is 32.6 Å². The number of halogens is 1. The van der Waals surface area contributed by atoms with Crippen molar-refractivity contribution in [1.29, 1.82) is 0 Å². The van der Waals surface area contributed by atoms with Crippen molar-refractivity contribution < 1.29 is 9.18 Å². The smallest absolute Gasteiger partial charge is 0.222 e. The molecule has 0 aliphatic carbocycles. The van der Waals surface area contributed by atoms with Crippen molar-refractivity contribution in [3.05, 3.63) is 30.1 Å². The molecule has 0 bridgehead atoms. The Balaban J connectivity index is 1.54. The molecule has 5 heteroatoms. The number of piperidine rings is 1. The maximum absolute atomic E-state index is 13.9. The molecule has 0 radical (unpaired) electrons. The Morgan fingerprint density at radius 2 is 1.92 bits per heavy atom. The summed E-state index contributed by atoms with van der Waals surface area (Å²) in [4.78, 5) is 18.8. The molecule has 1 amide bonds. The van der Waals surface area contributed by atoms with Gasteiger partial charge in [0.1, 0.15) is 5.82 Å². The van der Waals surface area contributed by atoms with E-state index in [4.69, 9.17) is 0 Å². The number of carbonyl (C=O) groups is 1. The molecule has 132 valence electrons. The second-order valence-electron chi connectivity index (χ2n) is 6.86. The molecule has 1 aromatic rings. The molecule has 1 atom stereocenters. The zero-order valence-corrected chi connectivity index (χ0v) is 14.6. The fraction of sp³-hybridized carbons (Fsp3) is 0.632. The number of piperazine rings is 1. The average Bonchev–Trinajstić information content (AvgIpc) is 2.63. The van der Waals surface area contributed by atoms with Gasteiger partial charge in [0.25, 0.3) is 0 Å². The van der Waals surface area contributed by atoms with Crippen LogP contribution in [0.5, 0.6) is 0 Å². The molecule has 0 saturated carbocycles. The second kappa shape index (κ2) is 7.97. The van der Waals surface area contributed by atoms with Crippen LogP contribution in [0.3, 0.4) is 0 Å². The van der Waals surface area contributed by atoms with Gasteiger partial charge in [-0.05, 0) is 31.4 Å². The number of rotatable bonds is 4. The van der Waals surface area contributed by atoms with Crippen molar-refractivity contribution in [1.82, 2.24) is 9.80 Å². The van der Waals surface area contributed by atoms with Crippen LogP contribution in [0, 0.1) is 5.82 Å². The van der Waals surface area contributed by atoms with Gasteiger partial charge in [-0.3, -0.25) is 9.69 Å². The SMILES string of the molecule is CCCC(=O)N1CCCC(N2CCN(c3ccccc3F)CC2)C1. The van der Waals surface area contributed by atoms with Crippen molar-refractivity contribution in [3.8, 4) is 0 Å². The quantitative estimate of drug-likeness (QED) is 0.848. The van der Waals surface area contributed by atoms with E-state index in [0.717, 1.165) is 58.5 Å². The van der Waals surface area contributed by atoms with E-state index in [1.165, 1.54) is 6.07 Å². The van der Waals surface area contributed by atoms with Crippen LogP contribution in [0.25, 0.3) is 0 Å². The maximum atomic E-state index is 13.9. The van der Waals surface area contributed by atoms with Crippen LogP contribution in [-0.2, 0) is 4.79 Å². The Labute approximate surface area is 144 Å². The molecule has 1 unspecified atom stereocenters. The third-order valence-corrected chi connectivity index (χ3v) is 5.24. The lowest BCUT2D eigenvalue weighted by molar-refractivity contribution is -0.133. The van der Waals surface area contributed by atoms with E-state index in [-0.39, 0.29) is 5.82 Å². The molecule has 2 fully saturated rings. The Morgan fingerprint density at radius 3 is 2.62 bits per heavy atom. The molecule has 2 aliphatic heterocycles. The molecule has 4 nitrogen and oxygen atoms in total. The van der Waals surface area contributed by atoms with Gasteiger partial charge in [0.05, 0.1) is 5.69 Å². The fourth-order valence-corrected chi connectivity index (χ4v) is 3.89. The molecule has 24 heavy (non-hydrogen) atoms. The molecule has 3 rings (SSSR count). The van der Waals surface area contributed by atoms with E-state index in [1.54, 1.807) is 6.07 Å². The predicted molar refractivity (Wildman–Crippen MR) is 94.7 cm³/mol.